The first-order chi connectivity index (χ1) is 9.72. The normalized spacial score (nSPS) is 10.6. The minimum Gasteiger partial charge on any atom is -0.477 e. The fourth-order valence-corrected chi connectivity index (χ4v) is 2.34. The van der Waals surface area contributed by atoms with Crippen molar-refractivity contribution in [1.82, 2.24) is 20.2 Å². The van der Waals surface area contributed by atoms with Crippen LogP contribution in [0, 0.1) is 0 Å². The summed E-state index contributed by atoms with van der Waals surface area (Å²) in [5.74, 6) is -1.06. The first-order valence-corrected chi connectivity index (χ1v) is 6.51. The molecule has 0 aliphatic carbocycles. The summed E-state index contributed by atoms with van der Waals surface area (Å²) in [6, 6.07) is 10.6. The highest BCUT2D eigenvalue weighted by atomic mass is 32.2. The average Bonchev–Trinajstić information content (AvgIpc) is 2.47. The monoisotopic (exact) mass is 284 g/mol. The first-order valence-electron chi connectivity index (χ1n) is 5.69. The van der Waals surface area contributed by atoms with Gasteiger partial charge >= 0.3 is 5.97 Å². The van der Waals surface area contributed by atoms with E-state index >= 15 is 0 Å². The van der Waals surface area contributed by atoms with Crippen molar-refractivity contribution in [3.8, 4) is 0 Å². The maximum Gasteiger partial charge on any atom is 0.354 e. The molecule has 0 unspecified atom stereocenters. The fourth-order valence-electron chi connectivity index (χ4n) is 1.61. The predicted octanol–water partition coefficient (Wildman–Crippen LogP) is 2.27. The van der Waals surface area contributed by atoms with E-state index in [9.17, 15) is 4.79 Å². The van der Waals surface area contributed by atoms with Crippen LogP contribution in [0.3, 0.4) is 0 Å². The predicted molar refractivity (Wildman–Crippen MR) is 72.7 cm³/mol. The van der Waals surface area contributed by atoms with E-state index in [2.05, 4.69) is 20.2 Å². The van der Waals surface area contributed by atoms with Crippen molar-refractivity contribution in [3.63, 3.8) is 0 Å². The molecule has 0 bridgehead atoms. The molecule has 20 heavy (non-hydrogen) atoms. The third-order valence-corrected chi connectivity index (χ3v) is 3.35. The molecule has 3 rings (SSSR count). The Hall–Kier alpha value is -2.54. The summed E-state index contributed by atoms with van der Waals surface area (Å²) in [4.78, 5) is 19.7. The molecule has 0 amide bonds. The molecule has 1 aromatic carbocycles. The van der Waals surface area contributed by atoms with Crippen LogP contribution in [0.1, 0.15) is 10.5 Å². The smallest absolute Gasteiger partial charge is 0.354 e. The van der Waals surface area contributed by atoms with Gasteiger partial charge in [-0.2, -0.15) is 0 Å². The molecular weight excluding hydrogens is 276 g/mol. The molecule has 0 saturated carbocycles. The zero-order chi connectivity index (χ0) is 13.9. The van der Waals surface area contributed by atoms with Crippen LogP contribution >= 0.6 is 11.8 Å². The number of para-hydroxylation sites is 1. The summed E-state index contributed by atoms with van der Waals surface area (Å²) in [6.45, 7) is 0. The molecule has 1 N–H and O–H groups in total. The molecule has 0 spiro atoms. The maximum absolute atomic E-state index is 10.9. The molecule has 0 radical (unpaired) electrons. The van der Waals surface area contributed by atoms with Crippen LogP contribution in [-0.4, -0.2) is 31.2 Å². The summed E-state index contributed by atoms with van der Waals surface area (Å²) < 4.78 is 0. The summed E-state index contributed by atoms with van der Waals surface area (Å²) >= 11 is 1.25. The highest BCUT2D eigenvalue weighted by Gasteiger charge is 2.08. The molecular formula is C13H8N4O2S. The number of aromatic nitrogens is 4. The molecule has 2 aromatic heterocycles. The lowest BCUT2D eigenvalue weighted by Crippen LogP contribution is -1.99. The number of pyridine rings is 1. The van der Waals surface area contributed by atoms with Crippen molar-refractivity contribution in [2.75, 3.05) is 0 Å². The van der Waals surface area contributed by atoms with E-state index in [4.69, 9.17) is 5.11 Å². The van der Waals surface area contributed by atoms with Crippen LogP contribution in [0.15, 0.2) is 52.6 Å². The van der Waals surface area contributed by atoms with Crippen molar-refractivity contribution in [3.05, 3.63) is 48.3 Å². The maximum atomic E-state index is 10.9. The number of rotatable bonds is 3. The van der Waals surface area contributed by atoms with Gasteiger partial charge in [-0.15, -0.1) is 10.2 Å². The number of hydrogen-bond acceptors (Lipinski definition) is 6. The lowest BCUT2D eigenvalue weighted by atomic mass is 10.3. The lowest BCUT2D eigenvalue weighted by molar-refractivity contribution is 0.0690. The van der Waals surface area contributed by atoms with Gasteiger partial charge in [-0.3, -0.25) is 0 Å². The Morgan fingerprint density at radius 2 is 1.90 bits per heavy atom. The standard InChI is InChI=1S/C13H8N4O2S/c18-12(19)11-7-8(5-6-14-11)20-13-15-9-3-1-2-4-10(9)16-17-13/h1-7H,(H,18,19). The Balaban J connectivity index is 1.92. The van der Waals surface area contributed by atoms with Crippen LogP contribution in [0.25, 0.3) is 11.0 Å². The van der Waals surface area contributed by atoms with Gasteiger partial charge in [0.15, 0.2) is 0 Å². The van der Waals surface area contributed by atoms with Gasteiger partial charge in [0.2, 0.25) is 5.16 Å². The Kier molecular flexibility index (Phi) is 3.26. The second kappa shape index (κ2) is 5.22. The second-order valence-electron chi connectivity index (χ2n) is 3.87. The van der Waals surface area contributed by atoms with Gasteiger partial charge in [-0.25, -0.2) is 14.8 Å². The minimum atomic E-state index is -1.06. The zero-order valence-corrected chi connectivity index (χ0v) is 10.9. The first kappa shape index (κ1) is 12.5. The molecule has 7 heteroatoms. The van der Waals surface area contributed by atoms with Gasteiger partial charge in [0.25, 0.3) is 0 Å². The van der Waals surface area contributed by atoms with Crippen LogP contribution in [-0.2, 0) is 0 Å². The van der Waals surface area contributed by atoms with Crippen molar-refractivity contribution in [2.24, 2.45) is 0 Å². The number of aromatic carboxylic acids is 1. The van der Waals surface area contributed by atoms with Crippen LogP contribution in [0.5, 0.6) is 0 Å². The largest absolute Gasteiger partial charge is 0.477 e. The van der Waals surface area contributed by atoms with E-state index in [1.807, 2.05) is 24.3 Å². The molecule has 0 fully saturated rings. The van der Waals surface area contributed by atoms with E-state index < -0.39 is 5.97 Å². The Morgan fingerprint density at radius 1 is 1.10 bits per heavy atom. The number of hydrogen-bond donors (Lipinski definition) is 1. The summed E-state index contributed by atoms with van der Waals surface area (Å²) in [6.07, 6.45) is 1.44. The third kappa shape index (κ3) is 2.57. The van der Waals surface area contributed by atoms with Gasteiger partial charge in [0.05, 0.1) is 5.52 Å². The second-order valence-corrected chi connectivity index (χ2v) is 4.91. The third-order valence-electron chi connectivity index (χ3n) is 2.50. The molecule has 2 heterocycles. The van der Waals surface area contributed by atoms with Gasteiger partial charge < -0.3 is 5.11 Å². The van der Waals surface area contributed by atoms with Crippen molar-refractivity contribution in [2.45, 2.75) is 10.1 Å². The van der Waals surface area contributed by atoms with E-state index in [0.29, 0.717) is 10.1 Å². The number of carboxylic acids is 1. The molecule has 0 atom stereocenters. The molecule has 0 aliphatic rings. The highest BCUT2D eigenvalue weighted by molar-refractivity contribution is 7.99. The number of benzene rings is 1. The average molecular weight is 284 g/mol. The quantitative estimate of drug-likeness (QED) is 0.789. The highest BCUT2D eigenvalue weighted by Crippen LogP contribution is 2.25. The number of carboxylic acid groups (broad SMARTS) is 1. The fraction of sp³-hybridized carbons (Fsp3) is 0. The molecule has 0 saturated heterocycles. The van der Waals surface area contributed by atoms with Crippen molar-refractivity contribution < 1.29 is 9.90 Å². The van der Waals surface area contributed by atoms with Crippen LogP contribution in [0.4, 0.5) is 0 Å². The summed E-state index contributed by atoms with van der Waals surface area (Å²) in [5, 5.41) is 17.4. The van der Waals surface area contributed by atoms with E-state index in [-0.39, 0.29) is 5.69 Å². The summed E-state index contributed by atoms with van der Waals surface area (Å²) in [5.41, 5.74) is 1.46. The van der Waals surface area contributed by atoms with Crippen LogP contribution < -0.4 is 0 Å². The molecule has 98 valence electrons. The zero-order valence-electron chi connectivity index (χ0n) is 10.1. The van der Waals surface area contributed by atoms with E-state index in [1.165, 1.54) is 24.0 Å². The SMILES string of the molecule is O=C(O)c1cc(Sc2nnc3ccccc3n2)ccn1. The van der Waals surface area contributed by atoms with E-state index in [1.54, 1.807) is 6.07 Å². The molecule has 0 aliphatic heterocycles. The van der Waals surface area contributed by atoms with Crippen molar-refractivity contribution >= 4 is 28.8 Å². The van der Waals surface area contributed by atoms with Crippen LogP contribution in [0.2, 0.25) is 0 Å². The van der Waals surface area contributed by atoms with E-state index in [0.717, 1.165) is 11.0 Å². The molecule has 3 aromatic rings. The molecule has 6 nitrogen and oxygen atoms in total. The summed E-state index contributed by atoms with van der Waals surface area (Å²) in [7, 11) is 0. The Labute approximate surface area is 117 Å². The van der Waals surface area contributed by atoms with Crippen molar-refractivity contribution in [1.29, 1.82) is 0 Å². The number of nitrogens with zero attached hydrogens (tertiary/aromatic N) is 4. The minimum absolute atomic E-state index is 0.0104. The topological polar surface area (TPSA) is 88.9 Å². The number of carbonyl (C=O) groups is 1. The Morgan fingerprint density at radius 3 is 2.70 bits per heavy atom. The van der Waals surface area contributed by atoms with Gasteiger partial charge in [0, 0.05) is 11.1 Å². The van der Waals surface area contributed by atoms with Gasteiger partial charge in [-0.1, -0.05) is 12.1 Å². The number of fused-ring (bicyclic) bond motifs is 1. The lowest BCUT2D eigenvalue weighted by Gasteiger charge is -2.01. The van der Waals surface area contributed by atoms with Gasteiger partial charge in [-0.05, 0) is 36.0 Å². The Bertz CT molecular complexity index is 794. The van der Waals surface area contributed by atoms with Gasteiger partial charge in [0.1, 0.15) is 11.2 Å².